The second kappa shape index (κ2) is 12.0. The third-order valence-electron chi connectivity index (χ3n) is 5.48. The van der Waals surface area contributed by atoms with E-state index < -0.39 is 6.04 Å². The van der Waals surface area contributed by atoms with Crippen LogP contribution in [-0.4, -0.2) is 28.8 Å². The van der Waals surface area contributed by atoms with E-state index in [1.54, 1.807) is 17.0 Å². The molecule has 3 aromatic rings. The second-order valence-corrected chi connectivity index (χ2v) is 9.62. The fraction of sp³-hybridized carbons (Fsp3) is 0.286. The summed E-state index contributed by atoms with van der Waals surface area (Å²) < 4.78 is 0. The zero-order chi connectivity index (χ0) is 24.7. The van der Waals surface area contributed by atoms with Crippen molar-refractivity contribution in [2.75, 3.05) is 0 Å². The molecule has 1 atom stereocenters. The zero-order valence-electron chi connectivity index (χ0n) is 19.7. The Morgan fingerprint density at radius 2 is 1.56 bits per heavy atom. The first kappa shape index (κ1) is 25.8. The van der Waals surface area contributed by atoms with Crippen LogP contribution in [0.4, 0.5) is 0 Å². The molecule has 0 aliphatic carbocycles. The van der Waals surface area contributed by atoms with Gasteiger partial charge in [0.25, 0.3) is 0 Å². The standard InChI is InChI=1S/C28H30Cl2N2O2/c1-19(2)31-28(34)26(16-21-9-5-4-6-10-21)32(18-23-12-13-24(29)25(30)15-23)27(33)17-22-11-7-8-20(3)14-22/h4-15,19,26H,16-18H2,1-3H3,(H,31,34)/t26-/m1/s1. The monoisotopic (exact) mass is 496 g/mol. The molecule has 0 spiro atoms. The highest BCUT2D eigenvalue weighted by Crippen LogP contribution is 2.24. The average Bonchev–Trinajstić information content (AvgIpc) is 2.78. The van der Waals surface area contributed by atoms with Crippen molar-refractivity contribution >= 4 is 35.0 Å². The third kappa shape index (κ3) is 7.34. The van der Waals surface area contributed by atoms with E-state index in [0.29, 0.717) is 16.5 Å². The Bertz CT molecular complexity index is 1130. The molecule has 0 aliphatic heterocycles. The van der Waals surface area contributed by atoms with Crippen molar-refractivity contribution in [3.63, 3.8) is 0 Å². The molecule has 34 heavy (non-hydrogen) atoms. The number of benzene rings is 3. The highest BCUT2D eigenvalue weighted by atomic mass is 35.5. The lowest BCUT2D eigenvalue weighted by molar-refractivity contribution is -0.141. The van der Waals surface area contributed by atoms with Gasteiger partial charge in [0.05, 0.1) is 16.5 Å². The minimum Gasteiger partial charge on any atom is -0.352 e. The molecule has 0 saturated carbocycles. The molecule has 3 rings (SSSR count). The van der Waals surface area contributed by atoms with Crippen LogP contribution < -0.4 is 5.32 Å². The van der Waals surface area contributed by atoms with Gasteiger partial charge in [0.2, 0.25) is 11.8 Å². The van der Waals surface area contributed by atoms with E-state index in [-0.39, 0.29) is 30.8 Å². The van der Waals surface area contributed by atoms with Gasteiger partial charge in [-0.1, -0.05) is 89.4 Å². The maximum Gasteiger partial charge on any atom is 0.243 e. The number of rotatable bonds is 9. The largest absolute Gasteiger partial charge is 0.352 e. The van der Waals surface area contributed by atoms with Crippen molar-refractivity contribution in [1.82, 2.24) is 10.2 Å². The van der Waals surface area contributed by atoms with E-state index in [1.807, 2.05) is 81.4 Å². The lowest BCUT2D eigenvalue weighted by atomic mass is 10.0. The maximum absolute atomic E-state index is 13.7. The van der Waals surface area contributed by atoms with Crippen LogP contribution in [-0.2, 0) is 29.0 Å². The number of amides is 2. The third-order valence-corrected chi connectivity index (χ3v) is 6.22. The minimum atomic E-state index is -0.684. The molecule has 0 fully saturated rings. The van der Waals surface area contributed by atoms with Crippen molar-refractivity contribution in [2.45, 2.75) is 52.2 Å². The van der Waals surface area contributed by atoms with Crippen LogP contribution in [0.3, 0.4) is 0 Å². The van der Waals surface area contributed by atoms with Gasteiger partial charge < -0.3 is 10.2 Å². The van der Waals surface area contributed by atoms with Gasteiger partial charge in [0.15, 0.2) is 0 Å². The van der Waals surface area contributed by atoms with Gasteiger partial charge in [-0.25, -0.2) is 0 Å². The van der Waals surface area contributed by atoms with Gasteiger partial charge in [-0.15, -0.1) is 0 Å². The summed E-state index contributed by atoms with van der Waals surface area (Å²) in [5.41, 5.74) is 3.78. The molecule has 178 valence electrons. The van der Waals surface area contributed by atoms with Gasteiger partial charge in [-0.05, 0) is 49.6 Å². The molecule has 3 aromatic carbocycles. The van der Waals surface area contributed by atoms with Gasteiger partial charge in [0, 0.05) is 19.0 Å². The topological polar surface area (TPSA) is 49.4 Å². The van der Waals surface area contributed by atoms with E-state index >= 15 is 0 Å². The normalized spacial score (nSPS) is 11.8. The number of hydrogen-bond acceptors (Lipinski definition) is 2. The molecule has 0 radical (unpaired) electrons. The molecule has 6 heteroatoms. The summed E-state index contributed by atoms with van der Waals surface area (Å²) >= 11 is 12.4. The molecule has 0 aliphatic rings. The molecule has 2 amide bonds. The number of carbonyl (C=O) groups excluding carboxylic acids is 2. The summed E-state index contributed by atoms with van der Waals surface area (Å²) in [7, 11) is 0. The Morgan fingerprint density at radius 3 is 2.21 bits per heavy atom. The van der Waals surface area contributed by atoms with Crippen LogP contribution in [0.1, 0.15) is 36.1 Å². The first-order chi connectivity index (χ1) is 16.2. The molecule has 0 unspecified atom stereocenters. The number of nitrogens with one attached hydrogen (secondary N) is 1. The van der Waals surface area contributed by atoms with Gasteiger partial charge >= 0.3 is 0 Å². The van der Waals surface area contributed by atoms with Crippen molar-refractivity contribution in [1.29, 1.82) is 0 Å². The van der Waals surface area contributed by atoms with E-state index in [2.05, 4.69) is 5.32 Å². The molecule has 0 saturated heterocycles. The summed E-state index contributed by atoms with van der Waals surface area (Å²) in [5, 5.41) is 3.86. The number of nitrogens with zero attached hydrogens (tertiary/aromatic N) is 1. The summed E-state index contributed by atoms with van der Waals surface area (Å²) in [6.07, 6.45) is 0.601. The predicted molar refractivity (Wildman–Crippen MR) is 139 cm³/mol. The Balaban J connectivity index is 1.99. The van der Waals surface area contributed by atoms with Crippen molar-refractivity contribution in [3.8, 4) is 0 Å². The number of carbonyl (C=O) groups is 2. The molecule has 0 bridgehead atoms. The Kier molecular flexibility index (Phi) is 9.14. The molecule has 1 N–H and O–H groups in total. The van der Waals surface area contributed by atoms with E-state index in [9.17, 15) is 9.59 Å². The summed E-state index contributed by atoms with van der Waals surface area (Å²) in [6, 6.07) is 22.2. The first-order valence-electron chi connectivity index (χ1n) is 11.4. The SMILES string of the molecule is Cc1cccc(CC(=O)N(Cc2ccc(Cl)c(Cl)c2)[C@H](Cc2ccccc2)C(=O)NC(C)C)c1. The summed E-state index contributed by atoms with van der Waals surface area (Å²) in [6.45, 7) is 6.06. The molecule has 4 nitrogen and oxygen atoms in total. The van der Waals surface area contributed by atoms with Gasteiger partial charge in [-0.2, -0.15) is 0 Å². The van der Waals surface area contributed by atoms with Gasteiger partial charge in [-0.3, -0.25) is 9.59 Å². The first-order valence-corrected chi connectivity index (χ1v) is 12.1. The quantitative estimate of drug-likeness (QED) is 0.394. The Hall–Kier alpha value is -2.82. The van der Waals surface area contributed by atoms with Crippen molar-refractivity contribution in [3.05, 3.63) is 105 Å². The zero-order valence-corrected chi connectivity index (χ0v) is 21.2. The Labute approximate surface area is 211 Å². The van der Waals surface area contributed by atoms with Crippen LogP contribution in [0.25, 0.3) is 0 Å². The minimum absolute atomic E-state index is 0.0514. The lowest BCUT2D eigenvalue weighted by Gasteiger charge is -2.32. The number of aryl methyl sites for hydroxylation is 1. The molecule has 0 aromatic heterocycles. The predicted octanol–water partition coefficient (Wildman–Crippen LogP) is 6.01. The van der Waals surface area contributed by atoms with Crippen molar-refractivity contribution < 1.29 is 9.59 Å². The lowest BCUT2D eigenvalue weighted by Crippen LogP contribution is -2.52. The average molecular weight is 497 g/mol. The maximum atomic E-state index is 13.7. The highest BCUT2D eigenvalue weighted by molar-refractivity contribution is 6.42. The fourth-order valence-corrected chi connectivity index (χ4v) is 4.19. The smallest absolute Gasteiger partial charge is 0.243 e. The summed E-state index contributed by atoms with van der Waals surface area (Å²) in [5.74, 6) is -0.312. The summed E-state index contributed by atoms with van der Waals surface area (Å²) in [4.78, 5) is 28.7. The van der Waals surface area contributed by atoms with E-state index in [4.69, 9.17) is 23.2 Å². The molecular weight excluding hydrogens is 467 g/mol. The van der Waals surface area contributed by atoms with E-state index in [0.717, 1.165) is 22.3 Å². The Morgan fingerprint density at radius 1 is 0.853 bits per heavy atom. The van der Waals surface area contributed by atoms with Crippen LogP contribution in [0.15, 0.2) is 72.8 Å². The molecular formula is C28H30Cl2N2O2. The van der Waals surface area contributed by atoms with Crippen LogP contribution in [0, 0.1) is 6.92 Å². The second-order valence-electron chi connectivity index (χ2n) is 8.80. The van der Waals surface area contributed by atoms with E-state index in [1.165, 1.54) is 0 Å². The van der Waals surface area contributed by atoms with Crippen molar-refractivity contribution in [2.24, 2.45) is 0 Å². The van der Waals surface area contributed by atoms with Crippen LogP contribution in [0.2, 0.25) is 10.0 Å². The fourth-order valence-electron chi connectivity index (χ4n) is 3.87. The van der Waals surface area contributed by atoms with Crippen LogP contribution in [0.5, 0.6) is 0 Å². The van der Waals surface area contributed by atoms with Gasteiger partial charge in [0.1, 0.15) is 6.04 Å². The highest BCUT2D eigenvalue weighted by Gasteiger charge is 2.30. The van der Waals surface area contributed by atoms with Crippen LogP contribution >= 0.6 is 23.2 Å². The number of halogens is 2. The molecule has 0 heterocycles. The number of hydrogen-bond donors (Lipinski definition) is 1.